The predicted molar refractivity (Wildman–Crippen MR) is 113 cm³/mol. The van der Waals surface area contributed by atoms with Crippen molar-refractivity contribution in [2.24, 2.45) is 10.7 Å². The van der Waals surface area contributed by atoms with E-state index in [0.717, 1.165) is 31.6 Å². The van der Waals surface area contributed by atoms with Gasteiger partial charge in [0.1, 0.15) is 5.84 Å². The van der Waals surface area contributed by atoms with Crippen LogP contribution in [0.15, 0.2) is 41.5 Å². The first kappa shape index (κ1) is 24.2. The van der Waals surface area contributed by atoms with E-state index in [1.165, 1.54) is 26.0 Å². The van der Waals surface area contributed by atoms with Gasteiger partial charge in [-0.2, -0.15) is 4.99 Å². The van der Waals surface area contributed by atoms with E-state index in [1.807, 2.05) is 31.2 Å². The van der Waals surface area contributed by atoms with Gasteiger partial charge >= 0.3 is 6.09 Å². The topological polar surface area (TPSA) is 97.0 Å². The Bertz CT molecular complexity index is 639. The monoisotopic (exact) mass is 378 g/mol. The molecule has 0 radical (unpaired) electrons. The Morgan fingerprint density at radius 2 is 1.81 bits per heavy atom. The molecule has 2 amide bonds. The van der Waals surface area contributed by atoms with Gasteiger partial charge in [0.2, 0.25) is 5.91 Å². The number of nitrogens with zero attached hydrogens (tertiary/aromatic N) is 2. The lowest BCUT2D eigenvalue weighted by molar-refractivity contribution is -0.115. The third kappa shape index (κ3) is 10.7. The van der Waals surface area contributed by atoms with E-state index < -0.39 is 0 Å². The minimum absolute atomic E-state index is 0. The molecule has 3 N–H and O–H groups in total. The lowest BCUT2D eigenvalue weighted by atomic mass is 10.1. The maximum absolute atomic E-state index is 10.9. The second-order valence-corrected chi connectivity index (χ2v) is 5.92. The third-order valence-electron chi connectivity index (χ3n) is 3.63. The summed E-state index contributed by atoms with van der Waals surface area (Å²) in [6.45, 7) is 5.12. The number of nitrogens with one attached hydrogen (secondary N) is 1. The van der Waals surface area contributed by atoms with Crippen LogP contribution in [0.2, 0.25) is 0 Å². The largest absolute Gasteiger partial charge is 0.453 e. The Labute approximate surface area is 163 Å². The number of hydrogen-bond acceptors (Lipinski definition) is 4. The number of hydrogen-bond donors (Lipinski definition) is 2. The molecule has 27 heavy (non-hydrogen) atoms. The number of piperidine rings is 1. The highest BCUT2D eigenvalue weighted by Gasteiger charge is 2.15. The number of amidine groups is 1. The molecule has 2 rings (SSSR count). The standard InChI is InChI=1S/C12H15N3O.C7H13NO2.CH4.H2/c1-9-3-5-11(6-4-9)14-8-7-12(13)15-10(2)16;1-10-7(9)8-5-3-2-4-6-8;;/h3-8,14H,1-2H3,(H2,13,15,16);2-6H2,1H3;1H4;1H/b8-7-;;;. The van der Waals surface area contributed by atoms with Crippen molar-refractivity contribution >= 4 is 23.5 Å². The maximum atomic E-state index is 10.9. The molecule has 0 aliphatic carbocycles. The van der Waals surface area contributed by atoms with Crippen molar-refractivity contribution in [1.29, 1.82) is 0 Å². The first-order valence-electron chi connectivity index (χ1n) is 8.59. The zero-order valence-corrected chi connectivity index (χ0v) is 15.7. The summed E-state index contributed by atoms with van der Waals surface area (Å²) in [5, 5.41) is 3.02. The summed E-state index contributed by atoms with van der Waals surface area (Å²) >= 11 is 0. The lowest BCUT2D eigenvalue weighted by Crippen LogP contribution is -2.35. The Hall–Kier alpha value is -2.83. The Kier molecular flexibility index (Phi) is 12.0. The summed E-state index contributed by atoms with van der Waals surface area (Å²) in [7, 11) is 1.43. The van der Waals surface area contributed by atoms with Gasteiger partial charge in [-0.3, -0.25) is 4.79 Å². The fourth-order valence-electron chi connectivity index (χ4n) is 2.30. The molecule has 7 nitrogen and oxygen atoms in total. The molecule has 1 aromatic rings. The second kappa shape index (κ2) is 13.4. The summed E-state index contributed by atoms with van der Waals surface area (Å²) < 4.78 is 4.58. The number of amides is 2. The molecule has 0 saturated carbocycles. The number of likely N-dealkylation sites (tertiary alicyclic amines) is 1. The smallest absolute Gasteiger partial charge is 0.409 e. The average molecular weight is 379 g/mol. The minimum Gasteiger partial charge on any atom is -0.453 e. The zero-order valence-electron chi connectivity index (χ0n) is 15.7. The van der Waals surface area contributed by atoms with Crippen LogP contribution in [0.25, 0.3) is 0 Å². The van der Waals surface area contributed by atoms with Crippen LogP contribution in [0, 0.1) is 6.92 Å². The van der Waals surface area contributed by atoms with E-state index in [-0.39, 0.29) is 26.7 Å². The molecular formula is C20H34N4O3. The van der Waals surface area contributed by atoms with Crippen molar-refractivity contribution < 1.29 is 15.8 Å². The zero-order chi connectivity index (χ0) is 19.4. The number of anilines is 1. The van der Waals surface area contributed by atoms with E-state index in [9.17, 15) is 9.59 Å². The number of aryl methyl sites for hydroxylation is 1. The average Bonchev–Trinajstić information content (AvgIpc) is 2.63. The summed E-state index contributed by atoms with van der Waals surface area (Å²) in [6, 6.07) is 7.92. The Morgan fingerprint density at radius 1 is 1.22 bits per heavy atom. The maximum Gasteiger partial charge on any atom is 0.409 e. The number of methoxy groups -OCH3 is 1. The van der Waals surface area contributed by atoms with Crippen LogP contribution in [0.1, 0.15) is 40.6 Å². The van der Waals surface area contributed by atoms with Gasteiger partial charge in [0.15, 0.2) is 0 Å². The van der Waals surface area contributed by atoms with Crippen molar-refractivity contribution in [2.75, 3.05) is 25.5 Å². The van der Waals surface area contributed by atoms with Gasteiger partial charge in [0, 0.05) is 33.3 Å². The van der Waals surface area contributed by atoms with E-state index >= 15 is 0 Å². The summed E-state index contributed by atoms with van der Waals surface area (Å²) in [5.74, 6) is -0.121. The van der Waals surface area contributed by atoms with E-state index in [0.29, 0.717) is 0 Å². The molecular weight excluding hydrogens is 344 g/mol. The molecule has 1 aromatic carbocycles. The van der Waals surface area contributed by atoms with Crippen molar-refractivity contribution in [1.82, 2.24) is 4.90 Å². The van der Waals surface area contributed by atoms with Gasteiger partial charge in [-0.25, -0.2) is 4.79 Å². The molecule has 0 spiro atoms. The SMILES string of the molecule is C.CC(=O)N=C(N)/C=C\Nc1ccc(C)cc1.COC(=O)N1CCCCC1.[HH]. The third-order valence-corrected chi connectivity index (χ3v) is 3.63. The fraction of sp³-hybridized carbons (Fsp3) is 0.450. The minimum atomic E-state index is -0.308. The number of carbonyl (C=O) groups excluding carboxylic acids is 2. The van der Waals surface area contributed by atoms with Crippen LogP contribution < -0.4 is 11.1 Å². The molecule has 0 aromatic heterocycles. The molecule has 1 aliphatic heterocycles. The number of ether oxygens (including phenoxy) is 1. The van der Waals surface area contributed by atoms with E-state index in [1.54, 1.807) is 17.2 Å². The number of aliphatic imine (C=N–C) groups is 1. The highest BCUT2D eigenvalue weighted by Crippen LogP contribution is 2.09. The van der Waals surface area contributed by atoms with Gasteiger partial charge in [-0.05, 0) is 44.4 Å². The van der Waals surface area contributed by atoms with Gasteiger partial charge < -0.3 is 20.7 Å². The summed E-state index contributed by atoms with van der Waals surface area (Å²) in [5.41, 5.74) is 7.62. The van der Waals surface area contributed by atoms with Crippen LogP contribution in [0.4, 0.5) is 10.5 Å². The summed E-state index contributed by atoms with van der Waals surface area (Å²) in [4.78, 5) is 26.8. The highest BCUT2D eigenvalue weighted by molar-refractivity contribution is 5.99. The predicted octanol–water partition coefficient (Wildman–Crippen LogP) is 3.95. The first-order chi connectivity index (χ1) is 12.4. The summed E-state index contributed by atoms with van der Waals surface area (Å²) in [6.07, 6.45) is 6.49. The number of carbonyl (C=O) groups is 2. The van der Waals surface area contributed by atoms with E-state index in [2.05, 4.69) is 15.0 Å². The fourth-order valence-corrected chi connectivity index (χ4v) is 2.30. The normalized spacial score (nSPS) is 13.9. The van der Waals surface area contributed by atoms with Crippen molar-refractivity contribution in [3.05, 3.63) is 42.1 Å². The Morgan fingerprint density at radius 3 is 2.33 bits per heavy atom. The lowest BCUT2D eigenvalue weighted by Gasteiger charge is -2.24. The second-order valence-electron chi connectivity index (χ2n) is 5.92. The van der Waals surface area contributed by atoms with Crippen molar-refractivity contribution in [3.8, 4) is 0 Å². The first-order valence-corrected chi connectivity index (χ1v) is 8.59. The van der Waals surface area contributed by atoms with Crippen molar-refractivity contribution in [3.63, 3.8) is 0 Å². The van der Waals surface area contributed by atoms with Gasteiger partial charge in [-0.1, -0.05) is 25.1 Å². The van der Waals surface area contributed by atoms with Crippen LogP contribution in [0.3, 0.4) is 0 Å². The van der Waals surface area contributed by atoms with Crippen LogP contribution in [-0.4, -0.2) is 42.9 Å². The molecule has 0 atom stereocenters. The molecule has 0 unspecified atom stereocenters. The highest BCUT2D eigenvalue weighted by atomic mass is 16.5. The molecule has 152 valence electrons. The molecule has 1 fully saturated rings. The number of nitrogens with two attached hydrogens (primary N) is 1. The van der Waals surface area contributed by atoms with Crippen LogP contribution in [0.5, 0.6) is 0 Å². The molecule has 1 saturated heterocycles. The van der Waals surface area contributed by atoms with Crippen LogP contribution >= 0.6 is 0 Å². The number of benzene rings is 1. The molecule has 1 heterocycles. The van der Waals surface area contributed by atoms with Gasteiger partial charge in [0.25, 0.3) is 0 Å². The molecule has 7 heteroatoms. The van der Waals surface area contributed by atoms with Crippen molar-refractivity contribution in [2.45, 2.75) is 40.5 Å². The van der Waals surface area contributed by atoms with Gasteiger partial charge in [-0.15, -0.1) is 0 Å². The Balaban J connectivity index is 0. The van der Waals surface area contributed by atoms with Gasteiger partial charge in [0.05, 0.1) is 7.11 Å². The van der Waals surface area contributed by atoms with Crippen LogP contribution in [-0.2, 0) is 9.53 Å². The molecule has 1 aliphatic rings. The quantitative estimate of drug-likeness (QED) is 0.613. The number of rotatable bonds is 3. The van der Waals surface area contributed by atoms with E-state index in [4.69, 9.17) is 5.73 Å². The molecule has 0 bridgehead atoms.